The van der Waals surface area contributed by atoms with E-state index in [9.17, 15) is 9.59 Å². The lowest BCUT2D eigenvalue weighted by Gasteiger charge is -2.14. The second-order valence-corrected chi connectivity index (χ2v) is 5.21. The molecule has 0 aliphatic heterocycles. The quantitative estimate of drug-likeness (QED) is 0.852. The normalized spacial score (nSPS) is 11.5. The highest BCUT2D eigenvalue weighted by molar-refractivity contribution is 6.35. The number of hydrogen-bond acceptors (Lipinski definition) is 2. The molecule has 0 saturated heterocycles. The molecule has 4 heteroatoms. The van der Waals surface area contributed by atoms with E-state index in [0.29, 0.717) is 6.54 Å². The van der Waals surface area contributed by atoms with Crippen LogP contribution in [0.4, 0.5) is 0 Å². The molecule has 2 aromatic rings. The van der Waals surface area contributed by atoms with E-state index in [0.717, 1.165) is 16.7 Å². The number of rotatable bonds is 4. The lowest BCUT2D eigenvalue weighted by Crippen LogP contribution is -2.40. The van der Waals surface area contributed by atoms with Gasteiger partial charge in [-0.3, -0.25) is 9.59 Å². The minimum atomic E-state index is -0.620. The monoisotopic (exact) mass is 296 g/mol. The first-order chi connectivity index (χ1) is 10.6. The second-order valence-electron chi connectivity index (χ2n) is 5.21. The fourth-order valence-corrected chi connectivity index (χ4v) is 2.15. The van der Waals surface area contributed by atoms with Gasteiger partial charge in [0.05, 0.1) is 6.04 Å². The SMILES string of the molecule is Cc1ccccc1CNC(=O)C(=O)N[C@@H](C)c1ccccc1. The molecule has 2 amide bonds. The topological polar surface area (TPSA) is 58.2 Å². The Morgan fingerprint density at radius 3 is 2.27 bits per heavy atom. The van der Waals surface area contributed by atoms with Gasteiger partial charge in [0.15, 0.2) is 0 Å². The van der Waals surface area contributed by atoms with E-state index in [4.69, 9.17) is 0 Å². The van der Waals surface area contributed by atoms with Gasteiger partial charge in [-0.15, -0.1) is 0 Å². The third kappa shape index (κ3) is 4.19. The molecule has 4 nitrogen and oxygen atoms in total. The Hall–Kier alpha value is -2.62. The number of nitrogens with one attached hydrogen (secondary N) is 2. The van der Waals surface area contributed by atoms with Gasteiger partial charge in [-0.1, -0.05) is 54.6 Å². The van der Waals surface area contributed by atoms with Crippen molar-refractivity contribution in [3.8, 4) is 0 Å². The van der Waals surface area contributed by atoms with E-state index in [-0.39, 0.29) is 6.04 Å². The highest BCUT2D eigenvalue weighted by Gasteiger charge is 2.16. The third-order valence-electron chi connectivity index (χ3n) is 3.55. The number of aryl methyl sites for hydroxylation is 1. The van der Waals surface area contributed by atoms with Gasteiger partial charge in [0.2, 0.25) is 0 Å². The molecule has 0 unspecified atom stereocenters. The highest BCUT2D eigenvalue weighted by atomic mass is 16.2. The zero-order valence-corrected chi connectivity index (χ0v) is 12.8. The van der Waals surface area contributed by atoms with Gasteiger partial charge in [0.1, 0.15) is 0 Å². The molecule has 0 saturated carbocycles. The molecule has 1 atom stereocenters. The summed E-state index contributed by atoms with van der Waals surface area (Å²) in [5.41, 5.74) is 3.04. The number of amides is 2. The molecular formula is C18H20N2O2. The molecule has 2 rings (SSSR count). The molecular weight excluding hydrogens is 276 g/mol. The highest BCUT2D eigenvalue weighted by Crippen LogP contribution is 2.10. The van der Waals surface area contributed by atoms with Gasteiger partial charge in [-0.2, -0.15) is 0 Å². The maximum Gasteiger partial charge on any atom is 0.309 e. The van der Waals surface area contributed by atoms with E-state index in [1.807, 2.05) is 68.4 Å². The Labute approximate surface area is 130 Å². The maximum atomic E-state index is 11.9. The first-order valence-electron chi connectivity index (χ1n) is 7.26. The van der Waals surface area contributed by atoms with Crippen LogP contribution >= 0.6 is 0 Å². The zero-order valence-electron chi connectivity index (χ0n) is 12.8. The summed E-state index contributed by atoms with van der Waals surface area (Å²) in [5.74, 6) is -1.24. The second kappa shape index (κ2) is 7.41. The predicted octanol–water partition coefficient (Wildman–Crippen LogP) is 2.49. The van der Waals surface area contributed by atoms with Gasteiger partial charge < -0.3 is 10.6 Å². The Morgan fingerprint density at radius 2 is 1.59 bits per heavy atom. The fourth-order valence-electron chi connectivity index (χ4n) is 2.15. The number of hydrogen-bond donors (Lipinski definition) is 2. The summed E-state index contributed by atoms with van der Waals surface area (Å²) in [6.07, 6.45) is 0. The Morgan fingerprint density at radius 1 is 0.955 bits per heavy atom. The zero-order chi connectivity index (χ0) is 15.9. The summed E-state index contributed by atoms with van der Waals surface area (Å²) >= 11 is 0. The summed E-state index contributed by atoms with van der Waals surface area (Å²) < 4.78 is 0. The van der Waals surface area contributed by atoms with Crippen molar-refractivity contribution in [2.24, 2.45) is 0 Å². The van der Waals surface area contributed by atoms with Crippen LogP contribution in [0.1, 0.15) is 29.7 Å². The van der Waals surface area contributed by atoms with Crippen LogP contribution in [0.5, 0.6) is 0 Å². The number of carbonyl (C=O) groups is 2. The van der Waals surface area contributed by atoms with E-state index >= 15 is 0 Å². The van der Waals surface area contributed by atoms with Crippen molar-refractivity contribution in [3.63, 3.8) is 0 Å². The Bertz CT molecular complexity index is 653. The van der Waals surface area contributed by atoms with E-state index in [1.165, 1.54) is 0 Å². The summed E-state index contributed by atoms with van der Waals surface area (Å²) in [4.78, 5) is 23.8. The van der Waals surface area contributed by atoms with Gasteiger partial charge in [-0.05, 0) is 30.5 Å². The third-order valence-corrected chi connectivity index (χ3v) is 3.55. The van der Waals surface area contributed by atoms with E-state index < -0.39 is 11.8 Å². The van der Waals surface area contributed by atoms with Crippen LogP contribution in [0.15, 0.2) is 54.6 Å². The molecule has 0 aliphatic carbocycles. The van der Waals surface area contributed by atoms with Crippen molar-refractivity contribution in [3.05, 3.63) is 71.3 Å². The van der Waals surface area contributed by atoms with Crippen molar-refractivity contribution in [1.82, 2.24) is 10.6 Å². The van der Waals surface area contributed by atoms with Crippen LogP contribution in [-0.4, -0.2) is 11.8 Å². The maximum absolute atomic E-state index is 11.9. The smallest absolute Gasteiger partial charge is 0.309 e. The lowest BCUT2D eigenvalue weighted by atomic mass is 10.1. The fraction of sp³-hybridized carbons (Fsp3) is 0.222. The summed E-state index contributed by atoms with van der Waals surface area (Å²) in [6.45, 7) is 4.17. The van der Waals surface area contributed by atoms with Crippen LogP contribution in [0.3, 0.4) is 0 Å². The van der Waals surface area contributed by atoms with Crippen molar-refractivity contribution < 1.29 is 9.59 Å². The molecule has 0 radical (unpaired) electrons. The van der Waals surface area contributed by atoms with Crippen LogP contribution < -0.4 is 10.6 Å². The van der Waals surface area contributed by atoms with Gasteiger partial charge >= 0.3 is 11.8 Å². The standard InChI is InChI=1S/C18H20N2O2/c1-13-8-6-7-11-16(13)12-19-17(21)18(22)20-14(2)15-9-4-3-5-10-15/h3-11,14H,12H2,1-2H3,(H,19,21)(H,20,22)/t14-/m0/s1. The van der Waals surface area contributed by atoms with Crippen LogP contribution in [0.2, 0.25) is 0 Å². The molecule has 114 valence electrons. The van der Waals surface area contributed by atoms with Gasteiger partial charge in [0.25, 0.3) is 0 Å². The summed E-state index contributed by atoms with van der Waals surface area (Å²) in [7, 11) is 0. The Kier molecular flexibility index (Phi) is 5.31. The van der Waals surface area contributed by atoms with Gasteiger partial charge in [-0.25, -0.2) is 0 Å². The first kappa shape index (κ1) is 15.8. The molecule has 2 N–H and O–H groups in total. The average molecular weight is 296 g/mol. The molecule has 2 aromatic carbocycles. The lowest BCUT2D eigenvalue weighted by molar-refractivity contribution is -0.139. The van der Waals surface area contributed by atoms with Crippen molar-refractivity contribution >= 4 is 11.8 Å². The molecule has 0 bridgehead atoms. The predicted molar refractivity (Wildman–Crippen MR) is 86.0 cm³/mol. The number of benzene rings is 2. The van der Waals surface area contributed by atoms with Gasteiger partial charge in [0, 0.05) is 6.54 Å². The first-order valence-corrected chi connectivity index (χ1v) is 7.26. The molecule has 22 heavy (non-hydrogen) atoms. The molecule has 0 aliphatic rings. The summed E-state index contributed by atoms with van der Waals surface area (Å²) in [6, 6.07) is 17.1. The minimum absolute atomic E-state index is 0.210. The molecule has 0 spiro atoms. The number of carbonyl (C=O) groups excluding carboxylic acids is 2. The van der Waals surface area contributed by atoms with E-state index in [1.54, 1.807) is 0 Å². The van der Waals surface area contributed by atoms with Crippen molar-refractivity contribution in [2.75, 3.05) is 0 Å². The van der Waals surface area contributed by atoms with Crippen LogP contribution in [-0.2, 0) is 16.1 Å². The summed E-state index contributed by atoms with van der Waals surface area (Å²) in [5, 5.41) is 5.34. The van der Waals surface area contributed by atoms with Crippen molar-refractivity contribution in [2.45, 2.75) is 26.4 Å². The Balaban J connectivity index is 1.87. The molecule has 0 heterocycles. The van der Waals surface area contributed by atoms with Crippen LogP contribution in [0, 0.1) is 6.92 Å². The minimum Gasteiger partial charge on any atom is -0.344 e. The van der Waals surface area contributed by atoms with Crippen LogP contribution in [0.25, 0.3) is 0 Å². The van der Waals surface area contributed by atoms with E-state index in [2.05, 4.69) is 10.6 Å². The largest absolute Gasteiger partial charge is 0.344 e. The van der Waals surface area contributed by atoms with Crippen molar-refractivity contribution in [1.29, 1.82) is 0 Å². The molecule has 0 fully saturated rings. The average Bonchev–Trinajstić information content (AvgIpc) is 2.54. The molecule has 0 aromatic heterocycles.